The van der Waals surface area contributed by atoms with Crippen molar-refractivity contribution >= 4 is 22.0 Å². The molecule has 5 nitrogen and oxygen atoms in total. The minimum absolute atomic E-state index is 0.0851. The van der Waals surface area contributed by atoms with Gasteiger partial charge in [0.1, 0.15) is 5.60 Å². The molecule has 0 aliphatic heterocycles. The second-order valence-electron chi connectivity index (χ2n) is 7.07. The molecule has 1 aromatic carbocycles. The van der Waals surface area contributed by atoms with Crippen LogP contribution in [0, 0.1) is 0 Å². The maximum atomic E-state index is 13.1. The molecule has 0 spiro atoms. The van der Waals surface area contributed by atoms with Crippen LogP contribution in [0.2, 0.25) is 0 Å². The topological polar surface area (TPSA) is 47.4 Å². The van der Waals surface area contributed by atoms with Gasteiger partial charge >= 0.3 is 12.3 Å². The number of rotatable bonds is 4. The van der Waals surface area contributed by atoms with Gasteiger partial charge in [0.05, 0.1) is 17.9 Å². The third-order valence-electron chi connectivity index (χ3n) is 3.51. The quantitative estimate of drug-likeness (QED) is 0.608. The van der Waals surface area contributed by atoms with Gasteiger partial charge in [-0.2, -0.15) is 18.3 Å². The highest BCUT2D eigenvalue weighted by molar-refractivity contribution is 9.08. The van der Waals surface area contributed by atoms with Crippen molar-refractivity contribution in [1.29, 1.82) is 0 Å². The first-order chi connectivity index (χ1) is 12.4. The number of carbonyl (C=O) groups excluding carboxylic acids is 1. The SMILES string of the molecule is CN(Cc1cc(C(F)(F)F)nn1-c1ccc(CBr)cc1)C(=O)OC(C)(C)C. The number of benzene rings is 1. The summed E-state index contributed by atoms with van der Waals surface area (Å²) in [6.07, 6.45) is -5.21. The van der Waals surface area contributed by atoms with Crippen LogP contribution in [0.4, 0.5) is 18.0 Å². The molecule has 2 rings (SSSR count). The van der Waals surface area contributed by atoms with Crippen LogP contribution in [0.15, 0.2) is 30.3 Å². The maximum Gasteiger partial charge on any atom is 0.435 e. The Morgan fingerprint density at radius 1 is 1.22 bits per heavy atom. The van der Waals surface area contributed by atoms with Gasteiger partial charge < -0.3 is 9.64 Å². The Morgan fingerprint density at radius 3 is 2.30 bits per heavy atom. The molecule has 0 fully saturated rings. The standard InChI is InChI=1S/C18H21BrF3N3O2/c1-17(2,3)27-16(26)24(4)11-14-9-15(18(20,21)22)23-25(14)13-7-5-12(10-19)6-8-13/h5-9H,10-11H2,1-4H3. The summed E-state index contributed by atoms with van der Waals surface area (Å²) in [7, 11) is 1.46. The number of amides is 1. The van der Waals surface area contributed by atoms with Gasteiger partial charge in [0.2, 0.25) is 0 Å². The van der Waals surface area contributed by atoms with E-state index in [4.69, 9.17) is 4.74 Å². The molecule has 0 aliphatic rings. The number of carbonyl (C=O) groups is 1. The van der Waals surface area contributed by atoms with Gasteiger partial charge in [-0.25, -0.2) is 9.48 Å². The van der Waals surface area contributed by atoms with Crippen molar-refractivity contribution in [1.82, 2.24) is 14.7 Å². The Bertz CT molecular complexity index is 796. The van der Waals surface area contributed by atoms with E-state index in [1.165, 1.54) is 16.6 Å². The van der Waals surface area contributed by atoms with E-state index in [1.807, 2.05) is 0 Å². The number of aromatic nitrogens is 2. The molecule has 0 saturated carbocycles. The van der Waals surface area contributed by atoms with E-state index in [0.29, 0.717) is 11.0 Å². The summed E-state index contributed by atoms with van der Waals surface area (Å²) in [5, 5.41) is 4.33. The number of ether oxygens (including phenoxy) is 1. The van der Waals surface area contributed by atoms with Crippen molar-refractivity contribution in [2.45, 2.75) is 44.4 Å². The molecule has 0 radical (unpaired) electrons. The molecular weight excluding hydrogens is 427 g/mol. The van der Waals surface area contributed by atoms with Crippen LogP contribution in [-0.4, -0.2) is 33.4 Å². The normalized spacial score (nSPS) is 12.1. The third kappa shape index (κ3) is 5.72. The Labute approximate surface area is 164 Å². The Hall–Kier alpha value is -2.03. The van der Waals surface area contributed by atoms with Crippen LogP contribution in [-0.2, 0) is 22.8 Å². The molecule has 0 aliphatic carbocycles. The molecule has 148 valence electrons. The van der Waals surface area contributed by atoms with Crippen LogP contribution in [0.25, 0.3) is 5.69 Å². The van der Waals surface area contributed by atoms with Crippen LogP contribution in [0.5, 0.6) is 0 Å². The molecule has 0 atom stereocenters. The monoisotopic (exact) mass is 447 g/mol. The van der Waals surface area contributed by atoms with Crippen molar-refractivity contribution in [2.24, 2.45) is 0 Å². The van der Waals surface area contributed by atoms with E-state index in [9.17, 15) is 18.0 Å². The van der Waals surface area contributed by atoms with Crippen LogP contribution in [0.1, 0.15) is 37.7 Å². The smallest absolute Gasteiger partial charge is 0.435 e. The minimum atomic E-state index is -4.58. The molecule has 2 aromatic rings. The number of halogens is 4. The molecule has 9 heteroatoms. The van der Waals surface area contributed by atoms with Gasteiger partial charge in [0.25, 0.3) is 0 Å². The van der Waals surface area contributed by atoms with E-state index < -0.39 is 23.6 Å². The second kappa shape index (κ2) is 7.92. The zero-order chi connectivity index (χ0) is 20.4. The van der Waals surface area contributed by atoms with Crippen LogP contribution >= 0.6 is 15.9 Å². The van der Waals surface area contributed by atoms with Crippen molar-refractivity contribution in [3.63, 3.8) is 0 Å². The highest BCUT2D eigenvalue weighted by Gasteiger charge is 2.35. The van der Waals surface area contributed by atoms with Crippen molar-refractivity contribution in [3.8, 4) is 5.69 Å². The summed E-state index contributed by atoms with van der Waals surface area (Å²) in [5.41, 5.74) is -0.0343. The summed E-state index contributed by atoms with van der Waals surface area (Å²) in [4.78, 5) is 13.4. The fourth-order valence-corrected chi connectivity index (χ4v) is 2.64. The summed E-state index contributed by atoms with van der Waals surface area (Å²) in [5.74, 6) is 0. The van der Waals surface area contributed by atoms with E-state index in [1.54, 1.807) is 45.0 Å². The predicted molar refractivity (Wildman–Crippen MR) is 98.9 cm³/mol. The molecule has 1 amide bonds. The van der Waals surface area contributed by atoms with Gasteiger partial charge in [0.15, 0.2) is 5.69 Å². The molecule has 1 aromatic heterocycles. The third-order valence-corrected chi connectivity index (χ3v) is 4.16. The van der Waals surface area contributed by atoms with Crippen LogP contribution < -0.4 is 0 Å². The highest BCUT2D eigenvalue weighted by atomic mass is 79.9. The average molecular weight is 448 g/mol. The molecule has 27 heavy (non-hydrogen) atoms. The molecule has 0 N–H and O–H groups in total. The van der Waals surface area contributed by atoms with Crippen molar-refractivity contribution < 1.29 is 22.7 Å². The van der Waals surface area contributed by atoms with E-state index in [-0.39, 0.29) is 12.2 Å². The number of hydrogen-bond donors (Lipinski definition) is 0. The largest absolute Gasteiger partial charge is 0.444 e. The number of nitrogens with zero attached hydrogens (tertiary/aromatic N) is 3. The lowest BCUT2D eigenvalue weighted by molar-refractivity contribution is -0.141. The zero-order valence-electron chi connectivity index (χ0n) is 15.5. The fourth-order valence-electron chi connectivity index (χ4n) is 2.27. The van der Waals surface area contributed by atoms with E-state index in [2.05, 4.69) is 21.0 Å². The van der Waals surface area contributed by atoms with Gasteiger partial charge in [-0.3, -0.25) is 0 Å². The van der Waals surface area contributed by atoms with Gasteiger partial charge in [-0.05, 0) is 44.5 Å². The summed E-state index contributed by atoms with van der Waals surface area (Å²) in [6, 6.07) is 7.89. The maximum absolute atomic E-state index is 13.1. The predicted octanol–water partition coefficient (Wildman–Crippen LogP) is 5.15. The summed E-state index contributed by atoms with van der Waals surface area (Å²) < 4.78 is 45.9. The second-order valence-corrected chi connectivity index (χ2v) is 7.63. The molecule has 0 bridgehead atoms. The Morgan fingerprint density at radius 2 is 1.81 bits per heavy atom. The first kappa shape index (κ1) is 21.3. The molecule has 1 heterocycles. The lowest BCUT2D eigenvalue weighted by Crippen LogP contribution is -2.34. The van der Waals surface area contributed by atoms with Gasteiger partial charge in [-0.15, -0.1) is 0 Å². The molecular formula is C18H21BrF3N3O2. The van der Waals surface area contributed by atoms with Gasteiger partial charge in [-0.1, -0.05) is 28.1 Å². The zero-order valence-corrected chi connectivity index (χ0v) is 17.1. The Balaban J connectivity index is 2.36. The Kier molecular flexibility index (Phi) is 6.24. The lowest BCUT2D eigenvalue weighted by Gasteiger charge is -2.24. The molecule has 0 saturated heterocycles. The van der Waals surface area contributed by atoms with Gasteiger partial charge in [0, 0.05) is 12.4 Å². The minimum Gasteiger partial charge on any atom is -0.444 e. The fraction of sp³-hybridized carbons (Fsp3) is 0.444. The summed E-state index contributed by atoms with van der Waals surface area (Å²) in [6.45, 7) is 5.07. The van der Waals surface area contributed by atoms with E-state index >= 15 is 0 Å². The molecule has 0 unspecified atom stereocenters. The van der Waals surface area contributed by atoms with E-state index in [0.717, 1.165) is 11.6 Å². The van der Waals surface area contributed by atoms with Crippen LogP contribution in [0.3, 0.4) is 0 Å². The summed E-state index contributed by atoms with van der Waals surface area (Å²) >= 11 is 3.33. The van der Waals surface area contributed by atoms with Crippen molar-refractivity contribution in [3.05, 3.63) is 47.3 Å². The first-order valence-electron chi connectivity index (χ1n) is 8.16. The lowest BCUT2D eigenvalue weighted by atomic mass is 10.2. The number of hydrogen-bond acceptors (Lipinski definition) is 3. The number of alkyl halides is 4. The average Bonchev–Trinajstić information content (AvgIpc) is 2.97. The van der Waals surface area contributed by atoms with Crippen molar-refractivity contribution in [2.75, 3.05) is 7.05 Å². The first-order valence-corrected chi connectivity index (χ1v) is 9.28. The highest BCUT2D eigenvalue weighted by Crippen LogP contribution is 2.30.